The van der Waals surface area contributed by atoms with Gasteiger partial charge in [-0.1, -0.05) is 19.8 Å². The Morgan fingerprint density at radius 2 is 1.84 bits per heavy atom. The third kappa shape index (κ3) is 4.17. The van der Waals surface area contributed by atoms with Gasteiger partial charge in [0.2, 0.25) is 0 Å². The minimum Gasteiger partial charge on any atom is -0.207 e. The van der Waals surface area contributed by atoms with Crippen molar-refractivity contribution >= 4 is 11.6 Å². The average Bonchev–Trinajstić information content (AvgIpc) is 2.32. The fraction of sp³-hybridized carbons (Fsp3) is 0.625. The SMILES string of the molecule is CCCC1CCC(Cl)C(Cc2cc(F)cc(F)c2)C1. The van der Waals surface area contributed by atoms with Gasteiger partial charge in [-0.15, -0.1) is 11.6 Å². The van der Waals surface area contributed by atoms with E-state index in [1.807, 2.05) is 0 Å². The van der Waals surface area contributed by atoms with E-state index in [1.165, 1.54) is 31.4 Å². The molecule has 1 aliphatic rings. The van der Waals surface area contributed by atoms with Crippen LogP contribution in [-0.2, 0) is 6.42 Å². The van der Waals surface area contributed by atoms with Crippen LogP contribution < -0.4 is 0 Å². The molecule has 1 saturated carbocycles. The number of hydrogen-bond donors (Lipinski definition) is 0. The molecule has 0 N–H and O–H groups in total. The van der Waals surface area contributed by atoms with Crippen molar-refractivity contribution in [2.45, 2.75) is 50.8 Å². The van der Waals surface area contributed by atoms with E-state index in [4.69, 9.17) is 11.6 Å². The molecule has 3 unspecified atom stereocenters. The van der Waals surface area contributed by atoms with Crippen molar-refractivity contribution in [1.29, 1.82) is 0 Å². The fourth-order valence-corrected chi connectivity index (χ4v) is 3.56. The van der Waals surface area contributed by atoms with Crippen LogP contribution in [0.25, 0.3) is 0 Å². The maximum atomic E-state index is 13.2. The molecule has 1 aliphatic carbocycles. The molecule has 0 aliphatic heterocycles. The molecule has 0 aromatic heterocycles. The minimum absolute atomic E-state index is 0.138. The molecule has 0 spiro atoms. The Morgan fingerprint density at radius 1 is 1.16 bits per heavy atom. The van der Waals surface area contributed by atoms with Gasteiger partial charge in [-0.05, 0) is 55.2 Å². The highest BCUT2D eigenvalue weighted by Gasteiger charge is 2.28. The summed E-state index contributed by atoms with van der Waals surface area (Å²) in [7, 11) is 0. The monoisotopic (exact) mass is 286 g/mol. The topological polar surface area (TPSA) is 0 Å². The Morgan fingerprint density at radius 3 is 2.47 bits per heavy atom. The van der Waals surface area contributed by atoms with Crippen molar-refractivity contribution < 1.29 is 8.78 Å². The Hall–Kier alpha value is -0.630. The van der Waals surface area contributed by atoms with Crippen molar-refractivity contribution in [1.82, 2.24) is 0 Å². The van der Waals surface area contributed by atoms with Gasteiger partial charge in [0.1, 0.15) is 11.6 Å². The summed E-state index contributed by atoms with van der Waals surface area (Å²) in [6.45, 7) is 2.20. The molecule has 1 aromatic rings. The molecule has 3 atom stereocenters. The van der Waals surface area contributed by atoms with Crippen molar-refractivity contribution in [2.75, 3.05) is 0 Å². The Labute approximate surface area is 119 Å². The van der Waals surface area contributed by atoms with Crippen molar-refractivity contribution in [2.24, 2.45) is 11.8 Å². The second kappa shape index (κ2) is 6.69. The predicted octanol–water partition coefficient (Wildman–Crippen LogP) is 5.33. The van der Waals surface area contributed by atoms with Gasteiger partial charge in [0, 0.05) is 11.4 Å². The Bertz CT molecular complexity index is 399. The highest BCUT2D eigenvalue weighted by atomic mass is 35.5. The molecule has 0 radical (unpaired) electrons. The molecule has 0 nitrogen and oxygen atoms in total. The summed E-state index contributed by atoms with van der Waals surface area (Å²) in [5, 5.41) is 0.138. The van der Waals surface area contributed by atoms with Crippen LogP contribution in [0.1, 0.15) is 44.6 Å². The standard InChI is InChI=1S/C16H21ClF2/c1-2-3-11-4-5-16(17)13(6-11)7-12-8-14(18)10-15(19)9-12/h8-11,13,16H,2-7H2,1H3. The zero-order chi connectivity index (χ0) is 13.8. The van der Waals surface area contributed by atoms with E-state index in [0.29, 0.717) is 12.3 Å². The number of hydrogen-bond acceptors (Lipinski definition) is 0. The summed E-state index contributed by atoms with van der Waals surface area (Å²) < 4.78 is 26.4. The molecule has 19 heavy (non-hydrogen) atoms. The normalized spacial score (nSPS) is 27.5. The van der Waals surface area contributed by atoms with Crippen molar-refractivity contribution in [3.63, 3.8) is 0 Å². The summed E-state index contributed by atoms with van der Waals surface area (Å²) in [5.74, 6) is 0.0700. The highest BCUT2D eigenvalue weighted by molar-refractivity contribution is 6.20. The van der Waals surface area contributed by atoms with Crippen LogP contribution in [0.5, 0.6) is 0 Å². The molecule has 0 amide bonds. The van der Waals surface area contributed by atoms with Crippen LogP contribution in [0, 0.1) is 23.5 Å². The van der Waals surface area contributed by atoms with Gasteiger partial charge in [0.15, 0.2) is 0 Å². The minimum atomic E-state index is -0.498. The van der Waals surface area contributed by atoms with E-state index in [1.54, 1.807) is 0 Å². The van der Waals surface area contributed by atoms with E-state index in [-0.39, 0.29) is 5.38 Å². The summed E-state index contributed by atoms with van der Waals surface area (Å²) in [6, 6.07) is 3.77. The van der Waals surface area contributed by atoms with E-state index in [0.717, 1.165) is 30.4 Å². The van der Waals surface area contributed by atoms with Crippen LogP contribution in [0.2, 0.25) is 0 Å². The summed E-state index contributed by atoms with van der Waals surface area (Å²) in [4.78, 5) is 0. The first-order chi connectivity index (χ1) is 9.08. The lowest BCUT2D eigenvalue weighted by molar-refractivity contribution is 0.257. The molecule has 0 saturated heterocycles. The predicted molar refractivity (Wildman–Crippen MR) is 75.4 cm³/mol. The third-order valence-corrected chi connectivity index (χ3v) is 4.69. The molecule has 1 aromatic carbocycles. The van der Waals surface area contributed by atoms with E-state index < -0.39 is 11.6 Å². The second-order valence-electron chi connectivity index (χ2n) is 5.73. The van der Waals surface area contributed by atoms with E-state index in [9.17, 15) is 8.78 Å². The smallest absolute Gasteiger partial charge is 0.126 e. The summed E-state index contributed by atoms with van der Waals surface area (Å²) in [5.41, 5.74) is 0.727. The number of alkyl halides is 1. The largest absolute Gasteiger partial charge is 0.207 e. The summed E-state index contributed by atoms with van der Waals surface area (Å²) in [6.07, 6.45) is 6.41. The Balaban J connectivity index is 2.03. The molecular weight excluding hydrogens is 266 g/mol. The van der Waals surface area contributed by atoms with Gasteiger partial charge < -0.3 is 0 Å². The van der Waals surface area contributed by atoms with Crippen LogP contribution in [0.4, 0.5) is 8.78 Å². The van der Waals surface area contributed by atoms with Gasteiger partial charge in [-0.3, -0.25) is 0 Å². The second-order valence-corrected chi connectivity index (χ2v) is 6.29. The van der Waals surface area contributed by atoms with Crippen molar-refractivity contribution in [3.05, 3.63) is 35.4 Å². The zero-order valence-corrected chi connectivity index (χ0v) is 12.1. The molecule has 0 bridgehead atoms. The lowest BCUT2D eigenvalue weighted by Crippen LogP contribution is -2.27. The lowest BCUT2D eigenvalue weighted by atomic mass is 9.76. The average molecular weight is 287 g/mol. The van der Waals surface area contributed by atoms with Gasteiger partial charge in [-0.2, -0.15) is 0 Å². The highest BCUT2D eigenvalue weighted by Crippen LogP contribution is 2.37. The van der Waals surface area contributed by atoms with E-state index in [2.05, 4.69) is 6.92 Å². The fourth-order valence-electron chi connectivity index (χ4n) is 3.24. The number of rotatable bonds is 4. The van der Waals surface area contributed by atoms with Gasteiger partial charge >= 0.3 is 0 Å². The Kier molecular flexibility index (Phi) is 5.20. The third-order valence-electron chi connectivity index (χ3n) is 4.12. The first kappa shape index (κ1) is 14.8. The van der Waals surface area contributed by atoms with Crippen molar-refractivity contribution in [3.8, 4) is 0 Å². The zero-order valence-electron chi connectivity index (χ0n) is 11.3. The number of halogens is 3. The van der Waals surface area contributed by atoms with Crippen LogP contribution in [-0.4, -0.2) is 5.38 Å². The summed E-state index contributed by atoms with van der Waals surface area (Å²) >= 11 is 6.39. The molecule has 3 heteroatoms. The maximum absolute atomic E-state index is 13.2. The van der Waals surface area contributed by atoms with Gasteiger partial charge in [-0.25, -0.2) is 8.78 Å². The quantitative estimate of drug-likeness (QED) is 0.656. The molecule has 106 valence electrons. The van der Waals surface area contributed by atoms with Gasteiger partial charge in [0.05, 0.1) is 0 Å². The van der Waals surface area contributed by atoms with Crippen LogP contribution in [0.3, 0.4) is 0 Å². The molecule has 0 heterocycles. The first-order valence-electron chi connectivity index (χ1n) is 7.17. The molecule has 2 rings (SSSR count). The maximum Gasteiger partial charge on any atom is 0.126 e. The first-order valence-corrected chi connectivity index (χ1v) is 7.61. The van der Waals surface area contributed by atoms with Crippen LogP contribution >= 0.6 is 11.6 Å². The van der Waals surface area contributed by atoms with E-state index >= 15 is 0 Å². The number of benzene rings is 1. The van der Waals surface area contributed by atoms with Crippen LogP contribution in [0.15, 0.2) is 18.2 Å². The molecular formula is C16H21ClF2. The molecule has 1 fully saturated rings. The van der Waals surface area contributed by atoms with Gasteiger partial charge in [0.25, 0.3) is 0 Å². The lowest BCUT2D eigenvalue weighted by Gasteiger charge is -2.33.